The molecule has 3 aromatic heterocycles. The number of halogens is 3. The van der Waals surface area contributed by atoms with Crippen LogP contribution in [-0.2, 0) is 11.0 Å². The molecule has 0 spiro atoms. The molecule has 2 N–H and O–H groups in total. The maximum atomic E-state index is 15.0. The first-order valence-corrected chi connectivity index (χ1v) is 15.3. The molecule has 42 heavy (non-hydrogen) atoms. The summed E-state index contributed by atoms with van der Waals surface area (Å²) >= 11 is 2.55. The molecule has 1 saturated heterocycles. The molecule has 1 aromatic carbocycles. The van der Waals surface area contributed by atoms with Crippen LogP contribution in [0.15, 0.2) is 40.0 Å². The van der Waals surface area contributed by atoms with Gasteiger partial charge in [0.25, 0.3) is 0 Å². The summed E-state index contributed by atoms with van der Waals surface area (Å²) in [6.45, 7) is 9.84. The molecule has 2 aliphatic rings. The van der Waals surface area contributed by atoms with Gasteiger partial charge in [-0.3, -0.25) is 9.36 Å². The largest absolute Gasteiger partial charge is 0.417 e. The van der Waals surface area contributed by atoms with Gasteiger partial charge < -0.3 is 15.5 Å². The van der Waals surface area contributed by atoms with E-state index in [9.17, 15) is 22.8 Å². The third kappa shape index (κ3) is 4.42. The van der Waals surface area contributed by atoms with Crippen molar-refractivity contribution in [1.29, 1.82) is 0 Å². The Bertz CT molecular complexity index is 1810. The van der Waals surface area contributed by atoms with Crippen LogP contribution in [0.1, 0.15) is 38.8 Å². The van der Waals surface area contributed by atoms with Gasteiger partial charge in [0.05, 0.1) is 27.5 Å². The number of hydrogen-bond acceptors (Lipinski definition) is 9. The van der Waals surface area contributed by atoms with Gasteiger partial charge >= 0.3 is 11.9 Å². The van der Waals surface area contributed by atoms with Gasteiger partial charge in [0.15, 0.2) is 0 Å². The first kappa shape index (κ1) is 28.5. The number of fused-ring (bicyclic) bond motifs is 1. The third-order valence-electron chi connectivity index (χ3n) is 7.96. The van der Waals surface area contributed by atoms with Crippen LogP contribution in [0, 0.1) is 0 Å². The first-order valence-electron chi connectivity index (χ1n) is 13.5. The summed E-state index contributed by atoms with van der Waals surface area (Å²) in [4.78, 5) is 42.7. The number of thioether (sulfide) groups is 1. The molecule has 0 aliphatic carbocycles. The summed E-state index contributed by atoms with van der Waals surface area (Å²) in [5.41, 5.74) is 5.53. The van der Waals surface area contributed by atoms with Crippen LogP contribution in [0.5, 0.6) is 0 Å². The summed E-state index contributed by atoms with van der Waals surface area (Å²) in [7, 11) is 0. The summed E-state index contributed by atoms with van der Waals surface area (Å²) in [6.07, 6.45) is -1.35. The minimum atomic E-state index is -4.72. The molecule has 0 radical (unpaired) electrons. The number of nitrogens with zero attached hydrogens (tertiary/aromatic N) is 6. The van der Waals surface area contributed by atoms with Gasteiger partial charge in [-0.15, -0.1) is 23.1 Å². The standard InChI is InChI=1S/C28H28F3N7O2S2/c1-5-15-11-42-24-21(17-12-41-19-8-33-26(32)34-22(17)19)18(28(29,30)31)7-16-23(24)38(15)27(40)35-25(16)36-9-13(3)37(14(4)10-36)20(39)6-2/h6-8,12-15H,2,5,9-11H2,1,3-4H3,(H2,32,33,34)/t13-,14+,15?. The fraction of sp³-hybridized carbons (Fsp3) is 0.393. The number of nitrogen functional groups attached to an aromatic ring is 1. The summed E-state index contributed by atoms with van der Waals surface area (Å²) < 4.78 is 47.0. The topological polar surface area (TPSA) is 110 Å². The fourth-order valence-corrected chi connectivity index (χ4v) is 8.49. The molecular weight excluding hydrogens is 587 g/mol. The molecular formula is C28H28F3N7O2S2. The minimum Gasteiger partial charge on any atom is -0.368 e. The number of thiophene rings is 1. The molecule has 0 bridgehead atoms. The number of carbonyl (C=O) groups excluding carboxylic acids is 1. The quantitative estimate of drug-likeness (QED) is 0.307. The van der Waals surface area contributed by atoms with Crippen LogP contribution >= 0.6 is 23.1 Å². The van der Waals surface area contributed by atoms with E-state index >= 15 is 0 Å². The van der Waals surface area contributed by atoms with Crippen molar-refractivity contribution in [1.82, 2.24) is 24.4 Å². The van der Waals surface area contributed by atoms with Gasteiger partial charge in [-0.25, -0.2) is 14.8 Å². The number of aromatic nitrogens is 4. The van der Waals surface area contributed by atoms with Crippen molar-refractivity contribution in [3.63, 3.8) is 0 Å². The van der Waals surface area contributed by atoms with Gasteiger partial charge in [-0.2, -0.15) is 18.2 Å². The van der Waals surface area contributed by atoms with E-state index in [1.54, 1.807) is 14.8 Å². The monoisotopic (exact) mass is 615 g/mol. The zero-order chi connectivity index (χ0) is 30.1. The zero-order valence-corrected chi connectivity index (χ0v) is 24.7. The van der Waals surface area contributed by atoms with Crippen molar-refractivity contribution in [3.05, 3.63) is 46.3 Å². The van der Waals surface area contributed by atoms with Crippen LogP contribution in [0.3, 0.4) is 0 Å². The lowest BCUT2D eigenvalue weighted by molar-refractivity contribution is -0.137. The third-order valence-corrected chi connectivity index (χ3v) is 10.1. The molecule has 9 nitrogen and oxygen atoms in total. The van der Waals surface area contributed by atoms with Crippen LogP contribution in [-0.4, -0.2) is 61.3 Å². The molecule has 1 amide bonds. The second-order valence-corrected chi connectivity index (χ2v) is 12.6. The Kier molecular flexibility index (Phi) is 6.96. The number of rotatable bonds is 4. The molecule has 2 aliphatic heterocycles. The molecule has 3 atom stereocenters. The number of benzene rings is 1. The van der Waals surface area contributed by atoms with E-state index in [2.05, 4.69) is 21.5 Å². The highest BCUT2D eigenvalue weighted by molar-refractivity contribution is 7.99. The maximum Gasteiger partial charge on any atom is 0.417 e. The van der Waals surface area contributed by atoms with Crippen molar-refractivity contribution >= 4 is 61.9 Å². The normalized spacial score (nSPS) is 20.9. The number of nitrogens with two attached hydrogens (primary N) is 1. The van der Waals surface area contributed by atoms with Crippen molar-refractivity contribution in [2.24, 2.45) is 0 Å². The van der Waals surface area contributed by atoms with Gasteiger partial charge in [-0.1, -0.05) is 13.5 Å². The Morgan fingerprint density at radius 2 is 1.95 bits per heavy atom. The van der Waals surface area contributed by atoms with Gasteiger partial charge in [0.2, 0.25) is 11.9 Å². The number of amides is 1. The highest BCUT2D eigenvalue weighted by Crippen LogP contribution is 2.51. The zero-order valence-electron chi connectivity index (χ0n) is 23.1. The van der Waals surface area contributed by atoms with Gasteiger partial charge in [0, 0.05) is 63.8 Å². The van der Waals surface area contributed by atoms with E-state index in [0.29, 0.717) is 51.5 Å². The highest BCUT2D eigenvalue weighted by Gasteiger charge is 2.41. The van der Waals surface area contributed by atoms with Crippen LogP contribution in [0.4, 0.5) is 24.9 Å². The van der Waals surface area contributed by atoms with Crippen LogP contribution in [0.25, 0.3) is 32.2 Å². The maximum absolute atomic E-state index is 15.0. The SMILES string of the molecule is C=CC(=O)N1[C@H](C)CN(c2nc(=O)n3c4c(c(-c5csc6cnc(N)nc56)c(C(F)(F)F)cc24)SCC3CC)C[C@@H]1C. The van der Waals surface area contributed by atoms with Crippen LogP contribution < -0.4 is 16.3 Å². The van der Waals surface area contributed by atoms with Crippen molar-refractivity contribution < 1.29 is 18.0 Å². The Hall–Kier alpha value is -3.65. The molecule has 1 fully saturated rings. The fourth-order valence-electron chi connectivity index (χ4n) is 6.18. The van der Waals surface area contributed by atoms with E-state index in [1.807, 2.05) is 25.7 Å². The summed E-state index contributed by atoms with van der Waals surface area (Å²) in [5.74, 6) is 0.347. The molecule has 1 unspecified atom stereocenters. The predicted molar refractivity (Wildman–Crippen MR) is 160 cm³/mol. The lowest BCUT2D eigenvalue weighted by Gasteiger charge is -2.45. The molecule has 14 heteroatoms. The lowest BCUT2D eigenvalue weighted by Crippen LogP contribution is -2.58. The van der Waals surface area contributed by atoms with E-state index in [1.165, 1.54) is 35.4 Å². The second-order valence-electron chi connectivity index (χ2n) is 10.6. The number of anilines is 2. The van der Waals surface area contributed by atoms with Gasteiger partial charge in [-0.05, 0) is 32.4 Å². The molecule has 220 valence electrons. The van der Waals surface area contributed by atoms with Gasteiger partial charge in [0.1, 0.15) is 5.82 Å². The highest BCUT2D eigenvalue weighted by atomic mass is 32.2. The van der Waals surface area contributed by atoms with Crippen molar-refractivity contribution in [3.8, 4) is 11.1 Å². The predicted octanol–water partition coefficient (Wildman–Crippen LogP) is 5.34. The number of piperazine rings is 1. The average Bonchev–Trinajstić information content (AvgIpc) is 3.35. The number of hydrogen-bond donors (Lipinski definition) is 1. The average molecular weight is 616 g/mol. The number of carbonyl (C=O) groups is 1. The molecule has 6 rings (SSSR count). The summed E-state index contributed by atoms with van der Waals surface area (Å²) in [5, 5.41) is 1.89. The minimum absolute atomic E-state index is 0.0210. The van der Waals surface area contributed by atoms with Crippen molar-refractivity contribution in [2.45, 2.75) is 56.4 Å². The lowest BCUT2D eigenvalue weighted by atomic mass is 9.96. The molecule has 4 aromatic rings. The van der Waals surface area contributed by atoms with E-state index in [4.69, 9.17) is 5.73 Å². The molecule has 0 saturated carbocycles. The smallest absolute Gasteiger partial charge is 0.368 e. The van der Waals surface area contributed by atoms with Crippen molar-refractivity contribution in [2.75, 3.05) is 29.5 Å². The Labute approximate surface area is 247 Å². The van der Waals surface area contributed by atoms with E-state index in [-0.39, 0.29) is 46.7 Å². The summed E-state index contributed by atoms with van der Waals surface area (Å²) in [6, 6.07) is 0.316. The Morgan fingerprint density at radius 1 is 1.24 bits per heavy atom. The molecule has 5 heterocycles. The van der Waals surface area contributed by atoms with Crippen LogP contribution in [0.2, 0.25) is 0 Å². The second kappa shape index (κ2) is 10.3. The first-order chi connectivity index (χ1) is 19.9. The van der Waals surface area contributed by atoms with E-state index in [0.717, 1.165) is 6.07 Å². The number of alkyl halides is 3. The Morgan fingerprint density at radius 3 is 2.60 bits per heavy atom. The Balaban J connectivity index is 1.67. The van der Waals surface area contributed by atoms with E-state index < -0.39 is 17.4 Å².